The Morgan fingerprint density at radius 1 is 0.750 bits per heavy atom. The average Bonchev–Trinajstić information content (AvgIpc) is 3.05. The lowest BCUT2D eigenvalue weighted by atomic mass is 9.96. The highest BCUT2D eigenvalue weighted by atomic mass is 15.0. The Kier molecular flexibility index (Phi) is 3.80. The number of nitrogens with zero attached hydrogens (tertiary/aromatic N) is 2. The van der Waals surface area contributed by atoms with Crippen molar-refractivity contribution in [3.8, 4) is 16.9 Å². The third-order valence-corrected chi connectivity index (χ3v) is 5.81. The normalized spacial score (nSPS) is 11.4. The molecule has 5 rings (SSSR count). The average molecular weight is 363 g/mol. The summed E-state index contributed by atoms with van der Waals surface area (Å²) in [4.78, 5) is 0. The first-order chi connectivity index (χ1) is 13.6. The van der Waals surface area contributed by atoms with E-state index in [0.717, 1.165) is 0 Å². The van der Waals surface area contributed by atoms with Crippen LogP contribution in [0.3, 0.4) is 0 Å². The molecule has 2 aromatic heterocycles. The lowest BCUT2D eigenvalue weighted by molar-refractivity contribution is -0.601. The molecule has 0 spiro atoms. The van der Waals surface area contributed by atoms with Crippen molar-refractivity contribution < 1.29 is 4.57 Å². The highest BCUT2D eigenvalue weighted by molar-refractivity contribution is 5.96. The van der Waals surface area contributed by atoms with Crippen LogP contribution in [-0.4, -0.2) is 4.57 Å². The van der Waals surface area contributed by atoms with Gasteiger partial charge in [0.1, 0.15) is 0 Å². The van der Waals surface area contributed by atoms with Gasteiger partial charge in [0.05, 0.1) is 5.39 Å². The fraction of sp³-hybridized carbons (Fsp3) is 0.115. The molecule has 0 saturated heterocycles. The van der Waals surface area contributed by atoms with Crippen LogP contribution >= 0.6 is 0 Å². The molecule has 0 fully saturated rings. The maximum Gasteiger partial charge on any atom is 0.222 e. The summed E-state index contributed by atoms with van der Waals surface area (Å²) in [6, 6.07) is 28.3. The fourth-order valence-electron chi connectivity index (χ4n) is 4.34. The van der Waals surface area contributed by atoms with E-state index in [2.05, 4.69) is 115 Å². The Morgan fingerprint density at radius 2 is 1.46 bits per heavy atom. The summed E-state index contributed by atoms with van der Waals surface area (Å²) < 4.78 is 4.61. The van der Waals surface area contributed by atoms with Gasteiger partial charge in [-0.05, 0) is 36.6 Å². The largest absolute Gasteiger partial charge is 0.344 e. The molecule has 28 heavy (non-hydrogen) atoms. The van der Waals surface area contributed by atoms with Gasteiger partial charge in [0, 0.05) is 53.8 Å². The van der Waals surface area contributed by atoms with Gasteiger partial charge in [0.15, 0.2) is 11.9 Å². The number of aryl methyl sites for hydroxylation is 2. The van der Waals surface area contributed by atoms with Crippen LogP contribution < -0.4 is 4.57 Å². The van der Waals surface area contributed by atoms with Crippen LogP contribution in [0.25, 0.3) is 38.6 Å². The minimum Gasteiger partial charge on any atom is -0.344 e. The number of hydrogen-bond acceptors (Lipinski definition) is 0. The van der Waals surface area contributed by atoms with E-state index in [1.165, 1.54) is 49.9 Å². The maximum atomic E-state index is 2.33. The third-order valence-electron chi connectivity index (χ3n) is 5.81. The molecule has 2 heterocycles. The van der Waals surface area contributed by atoms with Crippen molar-refractivity contribution in [2.75, 3.05) is 0 Å². The minimum absolute atomic E-state index is 1.23. The van der Waals surface area contributed by atoms with Crippen molar-refractivity contribution in [1.29, 1.82) is 0 Å². The molecule has 5 aromatic rings. The second kappa shape index (κ2) is 6.35. The van der Waals surface area contributed by atoms with Gasteiger partial charge in [0.25, 0.3) is 0 Å². The number of pyridine rings is 1. The molecule has 3 aromatic carbocycles. The standard InChI is InChI=1S/C26H23N2/c1-18-10-8-9-15-28(18)26-19(2)23(16-20-11-4-6-13-22(20)26)25-17-21-12-5-7-14-24(21)27(25)3/h4-17H,1-3H3/q+1. The molecular weight excluding hydrogens is 340 g/mol. The summed E-state index contributed by atoms with van der Waals surface area (Å²) in [6.07, 6.45) is 2.16. The van der Waals surface area contributed by atoms with Crippen molar-refractivity contribution in [3.05, 3.63) is 96.3 Å². The molecule has 0 aliphatic rings. The summed E-state index contributed by atoms with van der Waals surface area (Å²) in [5, 5.41) is 3.82. The van der Waals surface area contributed by atoms with Crippen LogP contribution in [0.2, 0.25) is 0 Å². The van der Waals surface area contributed by atoms with Crippen LogP contribution in [0.1, 0.15) is 11.3 Å². The number of aromatic nitrogens is 2. The predicted octanol–water partition coefficient (Wildman–Crippen LogP) is 5.89. The van der Waals surface area contributed by atoms with Gasteiger partial charge < -0.3 is 4.57 Å². The summed E-state index contributed by atoms with van der Waals surface area (Å²) >= 11 is 0. The molecule has 0 bridgehead atoms. The Balaban J connectivity index is 1.90. The number of fused-ring (bicyclic) bond motifs is 2. The smallest absolute Gasteiger partial charge is 0.222 e. The second-order valence-corrected chi connectivity index (χ2v) is 7.48. The lowest BCUT2D eigenvalue weighted by Crippen LogP contribution is -2.34. The summed E-state index contributed by atoms with van der Waals surface area (Å²) in [5.41, 5.74) is 7.57. The molecule has 0 amide bonds. The fourth-order valence-corrected chi connectivity index (χ4v) is 4.34. The van der Waals surface area contributed by atoms with E-state index >= 15 is 0 Å². The molecule has 0 N–H and O–H groups in total. The highest BCUT2D eigenvalue weighted by Gasteiger charge is 2.22. The van der Waals surface area contributed by atoms with Gasteiger partial charge in [-0.15, -0.1) is 0 Å². The molecule has 0 aliphatic carbocycles. The van der Waals surface area contributed by atoms with E-state index in [-0.39, 0.29) is 0 Å². The van der Waals surface area contributed by atoms with E-state index in [9.17, 15) is 0 Å². The monoisotopic (exact) mass is 363 g/mol. The Bertz CT molecular complexity index is 1340. The topological polar surface area (TPSA) is 8.81 Å². The van der Waals surface area contributed by atoms with Crippen LogP contribution in [0, 0.1) is 13.8 Å². The van der Waals surface area contributed by atoms with Crippen molar-refractivity contribution >= 4 is 21.7 Å². The van der Waals surface area contributed by atoms with Crippen molar-refractivity contribution in [2.24, 2.45) is 7.05 Å². The Morgan fingerprint density at radius 3 is 2.25 bits per heavy atom. The maximum absolute atomic E-state index is 2.33. The van der Waals surface area contributed by atoms with Crippen molar-refractivity contribution in [3.63, 3.8) is 0 Å². The number of benzene rings is 3. The zero-order valence-electron chi connectivity index (χ0n) is 16.5. The van der Waals surface area contributed by atoms with Gasteiger partial charge >= 0.3 is 0 Å². The Hall–Kier alpha value is -3.39. The SMILES string of the molecule is Cc1c(-c2cc3ccccc3n2C)cc2ccccc2c1-[n+]1ccccc1C. The first-order valence-corrected chi connectivity index (χ1v) is 9.70. The first kappa shape index (κ1) is 16.8. The molecule has 0 radical (unpaired) electrons. The second-order valence-electron chi connectivity index (χ2n) is 7.48. The molecule has 0 aliphatic heterocycles. The predicted molar refractivity (Wildman–Crippen MR) is 117 cm³/mol. The van der Waals surface area contributed by atoms with Gasteiger partial charge in [0.2, 0.25) is 5.69 Å². The molecule has 2 heteroatoms. The molecule has 2 nitrogen and oxygen atoms in total. The molecule has 136 valence electrons. The summed E-state index contributed by atoms with van der Waals surface area (Å²) in [5.74, 6) is 0. The number of rotatable bonds is 2. The zero-order chi connectivity index (χ0) is 19.3. The van der Waals surface area contributed by atoms with Crippen LogP contribution in [0.5, 0.6) is 0 Å². The molecule has 0 saturated carbocycles. The summed E-state index contributed by atoms with van der Waals surface area (Å²) in [7, 11) is 2.16. The van der Waals surface area contributed by atoms with Gasteiger partial charge in [-0.25, -0.2) is 0 Å². The first-order valence-electron chi connectivity index (χ1n) is 9.70. The van der Waals surface area contributed by atoms with E-state index in [0.29, 0.717) is 0 Å². The molecular formula is C26H23N2+. The van der Waals surface area contributed by atoms with E-state index in [1.807, 2.05) is 0 Å². The van der Waals surface area contributed by atoms with Crippen molar-refractivity contribution in [2.45, 2.75) is 13.8 Å². The van der Waals surface area contributed by atoms with Crippen molar-refractivity contribution in [1.82, 2.24) is 4.57 Å². The minimum atomic E-state index is 1.23. The van der Waals surface area contributed by atoms with Gasteiger partial charge in [-0.2, -0.15) is 4.57 Å². The quantitative estimate of drug-likeness (QED) is 0.346. The van der Waals surface area contributed by atoms with E-state index in [1.54, 1.807) is 0 Å². The lowest BCUT2D eigenvalue weighted by Gasteiger charge is -2.13. The zero-order valence-corrected chi connectivity index (χ0v) is 16.5. The van der Waals surface area contributed by atoms with Gasteiger partial charge in [-0.1, -0.05) is 42.5 Å². The van der Waals surface area contributed by atoms with Crippen LogP contribution in [-0.2, 0) is 7.05 Å². The van der Waals surface area contributed by atoms with Crippen LogP contribution in [0.15, 0.2) is 85.1 Å². The molecule has 0 unspecified atom stereocenters. The number of hydrogen-bond donors (Lipinski definition) is 0. The molecule has 0 atom stereocenters. The third kappa shape index (κ3) is 2.45. The summed E-state index contributed by atoms with van der Waals surface area (Å²) in [6.45, 7) is 4.41. The van der Waals surface area contributed by atoms with Crippen LogP contribution in [0.4, 0.5) is 0 Å². The number of para-hydroxylation sites is 1. The highest BCUT2D eigenvalue weighted by Crippen LogP contribution is 2.35. The van der Waals surface area contributed by atoms with E-state index in [4.69, 9.17) is 0 Å². The van der Waals surface area contributed by atoms with E-state index < -0.39 is 0 Å². The Labute approximate surface area is 165 Å². The van der Waals surface area contributed by atoms with Gasteiger partial charge in [-0.3, -0.25) is 0 Å².